The Hall–Kier alpha value is -1.66. The average molecular weight is 380 g/mol. The lowest BCUT2D eigenvalue weighted by atomic mass is 9.73. The first-order valence-electron chi connectivity index (χ1n) is 9.56. The number of hydrogen-bond acceptors (Lipinski definition) is 6. The van der Waals surface area contributed by atoms with E-state index >= 15 is 0 Å². The van der Waals surface area contributed by atoms with Crippen LogP contribution in [0.2, 0.25) is 0 Å². The molecule has 0 radical (unpaired) electrons. The summed E-state index contributed by atoms with van der Waals surface area (Å²) in [5.74, 6) is -0.791. The lowest BCUT2D eigenvalue weighted by molar-refractivity contribution is -0.288. The van der Waals surface area contributed by atoms with Crippen LogP contribution < -0.4 is 0 Å². The Morgan fingerprint density at radius 1 is 0.926 bits per heavy atom. The van der Waals surface area contributed by atoms with Crippen LogP contribution in [0, 0.1) is 10.8 Å². The molecule has 1 aliphatic carbocycles. The Bertz CT molecular complexity index is 579. The van der Waals surface area contributed by atoms with Crippen molar-refractivity contribution in [3.63, 3.8) is 0 Å². The zero-order valence-electron chi connectivity index (χ0n) is 16.8. The van der Waals surface area contributed by atoms with E-state index in [2.05, 4.69) is 13.2 Å². The summed E-state index contributed by atoms with van der Waals surface area (Å²) >= 11 is 0. The van der Waals surface area contributed by atoms with Gasteiger partial charge in [0.1, 0.15) is 13.2 Å². The Morgan fingerprint density at radius 3 is 1.89 bits per heavy atom. The molecule has 2 aliphatic rings. The van der Waals surface area contributed by atoms with Crippen LogP contribution in [0.1, 0.15) is 52.9 Å². The zero-order valence-corrected chi connectivity index (χ0v) is 16.8. The molecule has 0 spiro atoms. The van der Waals surface area contributed by atoms with Gasteiger partial charge in [0.05, 0.1) is 18.6 Å². The number of ether oxygens (including phenoxy) is 4. The molecule has 1 saturated heterocycles. The number of carbonyl (C=O) groups is 2. The highest BCUT2D eigenvalue weighted by Crippen LogP contribution is 2.44. The van der Waals surface area contributed by atoms with Crippen molar-refractivity contribution in [3.05, 3.63) is 24.3 Å². The normalized spacial score (nSPS) is 27.4. The van der Waals surface area contributed by atoms with E-state index in [9.17, 15) is 9.59 Å². The van der Waals surface area contributed by atoms with Crippen molar-refractivity contribution in [2.75, 3.05) is 26.4 Å². The van der Waals surface area contributed by atoms with Gasteiger partial charge in [0.25, 0.3) is 0 Å². The highest BCUT2D eigenvalue weighted by atomic mass is 16.7. The third kappa shape index (κ3) is 5.66. The fraction of sp³-hybridized carbons (Fsp3) is 0.714. The van der Waals surface area contributed by atoms with E-state index in [4.69, 9.17) is 18.9 Å². The highest BCUT2D eigenvalue weighted by Gasteiger charge is 2.47. The maximum Gasteiger partial charge on any atom is 0.333 e. The minimum atomic E-state index is -0.430. The number of hydrogen-bond donors (Lipinski definition) is 0. The maximum absolute atomic E-state index is 11.9. The van der Waals surface area contributed by atoms with Crippen molar-refractivity contribution in [1.29, 1.82) is 0 Å². The highest BCUT2D eigenvalue weighted by molar-refractivity contribution is 5.87. The first kappa shape index (κ1) is 21.6. The summed E-state index contributed by atoms with van der Waals surface area (Å²) in [7, 11) is 0. The Morgan fingerprint density at radius 2 is 1.41 bits per heavy atom. The second-order valence-electron chi connectivity index (χ2n) is 8.40. The summed E-state index contributed by atoms with van der Waals surface area (Å²) in [4.78, 5) is 23.5. The van der Waals surface area contributed by atoms with Crippen LogP contribution in [0.4, 0.5) is 0 Å². The van der Waals surface area contributed by atoms with Crippen molar-refractivity contribution in [2.24, 2.45) is 10.8 Å². The standard InChI is InChI=1S/C21H32O6/c1-15(2)17(22)24-11-20(5)12-26-19(27-13-20)21(9-7-6-8-10-21)14-25-18(23)16(3)4/h19H,1,3,6-14H2,2,4-5H3. The lowest BCUT2D eigenvalue weighted by Gasteiger charge is -2.47. The first-order valence-corrected chi connectivity index (χ1v) is 9.56. The summed E-state index contributed by atoms with van der Waals surface area (Å²) in [5, 5.41) is 0. The van der Waals surface area contributed by atoms with Crippen LogP contribution in [0.3, 0.4) is 0 Å². The molecule has 0 N–H and O–H groups in total. The van der Waals surface area contributed by atoms with Crippen molar-refractivity contribution < 1.29 is 28.5 Å². The van der Waals surface area contributed by atoms with Crippen molar-refractivity contribution in [1.82, 2.24) is 0 Å². The van der Waals surface area contributed by atoms with Crippen molar-refractivity contribution >= 4 is 11.9 Å². The van der Waals surface area contributed by atoms with E-state index in [-0.39, 0.29) is 24.6 Å². The van der Waals surface area contributed by atoms with Crippen LogP contribution in [0.25, 0.3) is 0 Å². The largest absolute Gasteiger partial charge is 0.462 e. The van der Waals surface area contributed by atoms with Crippen LogP contribution in [-0.4, -0.2) is 44.7 Å². The molecule has 6 heteroatoms. The molecule has 1 aliphatic heterocycles. The quantitative estimate of drug-likeness (QED) is 0.497. The Kier molecular flexibility index (Phi) is 7.23. The SMILES string of the molecule is C=C(C)C(=O)OCC1(C)COC(C2(COC(=O)C(=C)C)CCCCC2)OC1. The van der Waals surface area contributed by atoms with Gasteiger partial charge in [-0.3, -0.25) is 0 Å². The van der Waals surface area contributed by atoms with Gasteiger partial charge in [-0.25, -0.2) is 9.59 Å². The second-order valence-corrected chi connectivity index (χ2v) is 8.40. The molecule has 0 aromatic heterocycles. The van der Waals surface area contributed by atoms with Gasteiger partial charge in [0.2, 0.25) is 0 Å². The molecule has 2 rings (SSSR count). The molecule has 152 valence electrons. The van der Waals surface area contributed by atoms with E-state index in [0.29, 0.717) is 24.4 Å². The minimum absolute atomic E-state index is 0.211. The zero-order chi connectivity index (χ0) is 20.1. The summed E-state index contributed by atoms with van der Waals surface area (Å²) in [6.07, 6.45) is 4.63. The molecule has 1 heterocycles. The summed E-state index contributed by atoms with van der Waals surface area (Å²) in [5.41, 5.74) is 0.0122. The number of rotatable bonds is 7. The van der Waals surface area contributed by atoms with Gasteiger partial charge in [-0.15, -0.1) is 0 Å². The third-order valence-electron chi connectivity index (χ3n) is 5.26. The summed E-state index contributed by atoms with van der Waals surface area (Å²) in [6, 6.07) is 0. The maximum atomic E-state index is 11.9. The van der Waals surface area contributed by atoms with E-state index in [1.165, 1.54) is 0 Å². The fourth-order valence-corrected chi connectivity index (χ4v) is 3.48. The van der Waals surface area contributed by atoms with Crippen LogP contribution in [0.15, 0.2) is 24.3 Å². The second kappa shape index (κ2) is 9.02. The molecule has 2 fully saturated rings. The monoisotopic (exact) mass is 380 g/mol. The van der Waals surface area contributed by atoms with Gasteiger partial charge >= 0.3 is 11.9 Å². The third-order valence-corrected chi connectivity index (χ3v) is 5.26. The molecule has 27 heavy (non-hydrogen) atoms. The van der Waals surface area contributed by atoms with Crippen LogP contribution in [0.5, 0.6) is 0 Å². The van der Waals surface area contributed by atoms with Gasteiger partial charge < -0.3 is 18.9 Å². The predicted octanol–water partition coefficient (Wildman–Crippen LogP) is 3.55. The molecule has 0 bridgehead atoms. The number of carbonyl (C=O) groups excluding carboxylic acids is 2. The molecule has 0 atom stereocenters. The molecule has 0 aromatic carbocycles. The van der Waals surface area contributed by atoms with Crippen LogP contribution in [-0.2, 0) is 28.5 Å². The Balaban J connectivity index is 1.96. The van der Waals surface area contributed by atoms with Crippen molar-refractivity contribution in [2.45, 2.75) is 59.2 Å². The average Bonchev–Trinajstić information content (AvgIpc) is 2.65. The topological polar surface area (TPSA) is 71.1 Å². The summed E-state index contributed by atoms with van der Waals surface area (Å²) in [6.45, 7) is 13.8. The van der Waals surface area contributed by atoms with E-state index in [1.807, 2.05) is 6.92 Å². The van der Waals surface area contributed by atoms with Gasteiger partial charge in [0, 0.05) is 16.6 Å². The predicted molar refractivity (Wildman–Crippen MR) is 101 cm³/mol. The molecule has 6 nitrogen and oxygen atoms in total. The molecule has 1 saturated carbocycles. The molecule has 0 unspecified atom stereocenters. The first-order chi connectivity index (χ1) is 12.7. The van der Waals surface area contributed by atoms with Gasteiger partial charge in [0.15, 0.2) is 6.29 Å². The van der Waals surface area contributed by atoms with Gasteiger partial charge in [-0.2, -0.15) is 0 Å². The van der Waals surface area contributed by atoms with Crippen LogP contribution >= 0.6 is 0 Å². The fourth-order valence-electron chi connectivity index (χ4n) is 3.48. The number of esters is 2. The molecular weight excluding hydrogens is 348 g/mol. The minimum Gasteiger partial charge on any atom is -0.462 e. The smallest absolute Gasteiger partial charge is 0.333 e. The van der Waals surface area contributed by atoms with Crippen molar-refractivity contribution in [3.8, 4) is 0 Å². The van der Waals surface area contributed by atoms with E-state index in [1.54, 1.807) is 13.8 Å². The van der Waals surface area contributed by atoms with E-state index < -0.39 is 17.7 Å². The molecular formula is C21H32O6. The van der Waals surface area contributed by atoms with E-state index in [0.717, 1.165) is 32.1 Å². The summed E-state index contributed by atoms with van der Waals surface area (Å²) < 4.78 is 22.9. The molecule has 0 aromatic rings. The van der Waals surface area contributed by atoms with Gasteiger partial charge in [-0.05, 0) is 26.7 Å². The lowest BCUT2D eigenvalue weighted by Crippen LogP contribution is -2.52. The Labute approximate surface area is 161 Å². The van der Waals surface area contributed by atoms with Gasteiger partial charge in [-0.1, -0.05) is 39.3 Å². The molecule has 0 amide bonds.